The van der Waals surface area contributed by atoms with Crippen LogP contribution >= 0.6 is 22.7 Å². The zero-order chi connectivity index (χ0) is 20.2. The second kappa shape index (κ2) is 8.75. The van der Waals surface area contributed by atoms with Crippen molar-refractivity contribution in [3.8, 4) is 10.9 Å². The van der Waals surface area contributed by atoms with Crippen LogP contribution in [0.3, 0.4) is 0 Å². The third-order valence-electron chi connectivity index (χ3n) is 4.77. The molecule has 0 unspecified atom stereocenters. The molecule has 0 radical (unpaired) electrons. The maximum atomic E-state index is 12.8. The second-order valence-electron chi connectivity index (χ2n) is 6.64. The summed E-state index contributed by atoms with van der Waals surface area (Å²) >= 11 is 2.88. The fourth-order valence-corrected chi connectivity index (χ4v) is 5.14. The van der Waals surface area contributed by atoms with Gasteiger partial charge in [0.05, 0.1) is 12.7 Å². The van der Waals surface area contributed by atoms with E-state index in [1.807, 2.05) is 5.38 Å². The molecule has 0 fully saturated rings. The van der Waals surface area contributed by atoms with Crippen LogP contribution in [0, 0.1) is 0 Å². The largest absolute Gasteiger partial charge is 0.465 e. The number of ether oxygens (including phenoxy) is 2. The molecule has 3 aromatic rings. The Morgan fingerprint density at radius 3 is 2.62 bits per heavy atom. The number of aryl methyl sites for hydroxylation is 1. The van der Waals surface area contributed by atoms with Crippen LogP contribution in [0.25, 0.3) is 0 Å². The van der Waals surface area contributed by atoms with Gasteiger partial charge in [0.1, 0.15) is 10.8 Å². The number of benzene rings is 1. The van der Waals surface area contributed by atoms with E-state index in [1.54, 1.807) is 30.5 Å². The number of amides is 1. The van der Waals surface area contributed by atoms with E-state index < -0.39 is 5.97 Å². The maximum Gasteiger partial charge on any atom is 0.341 e. The van der Waals surface area contributed by atoms with Crippen LogP contribution in [0.15, 0.2) is 35.8 Å². The van der Waals surface area contributed by atoms with Gasteiger partial charge in [0.15, 0.2) is 0 Å². The number of esters is 1. The van der Waals surface area contributed by atoms with E-state index in [-0.39, 0.29) is 5.91 Å². The first-order valence-electron chi connectivity index (χ1n) is 9.37. The second-order valence-corrected chi connectivity index (χ2v) is 8.60. The summed E-state index contributed by atoms with van der Waals surface area (Å²) in [6.07, 6.45) is 6.74. The van der Waals surface area contributed by atoms with Gasteiger partial charge < -0.3 is 14.8 Å². The highest BCUT2D eigenvalue weighted by Crippen LogP contribution is 2.38. The molecular weight excluding hydrogens is 408 g/mol. The number of carbonyl (C=O) groups is 2. The lowest BCUT2D eigenvalue weighted by molar-refractivity contribution is 0.0601. The van der Waals surface area contributed by atoms with Gasteiger partial charge in [0.25, 0.3) is 11.1 Å². The van der Waals surface area contributed by atoms with Gasteiger partial charge in [-0.3, -0.25) is 4.79 Å². The quantitative estimate of drug-likeness (QED) is 0.440. The fraction of sp³-hybridized carbons (Fsp3) is 0.286. The number of fused-ring (bicyclic) bond motifs is 1. The van der Waals surface area contributed by atoms with Gasteiger partial charge >= 0.3 is 5.97 Å². The molecule has 0 saturated carbocycles. The normalized spacial score (nSPS) is 13.3. The van der Waals surface area contributed by atoms with Crippen LogP contribution in [0.5, 0.6) is 10.9 Å². The average Bonchev–Trinajstić information content (AvgIpc) is 3.29. The summed E-state index contributed by atoms with van der Waals surface area (Å²) in [7, 11) is 1.37. The van der Waals surface area contributed by atoms with Crippen LogP contribution < -0.4 is 10.1 Å². The van der Waals surface area contributed by atoms with Crippen molar-refractivity contribution in [3.63, 3.8) is 0 Å². The molecule has 8 heteroatoms. The number of carbonyl (C=O) groups excluding carboxylic acids is 2. The lowest BCUT2D eigenvalue weighted by Crippen LogP contribution is -2.14. The van der Waals surface area contributed by atoms with Crippen molar-refractivity contribution < 1.29 is 19.1 Å². The van der Waals surface area contributed by atoms with E-state index in [1.165, 1.54) is 34.7 Å². The number of hydrogen-bond donors (Lipinski definition) is 1. The Kier molecular flexibility index (Phi) is 5.92. The van der Waals surface area contributed by atoms with Crippen molar-refractivity contribution in [2.75, 3.05) is 12.4 Å². The highest BCUT2D eigenvalue weighted by molar-refractivity contribution is 7.17. The molecule has 2 heterocycles. The monoisotopic (exact) mass is 428 g/mol. The number of hydrogen-bond acceptors (Lipinski definition) is 7. The minimum atomic E-state index is -0.396. The number of anilines is 1. The number of thiophene rings is 1. The Morgan fingerprint density at radius 2 is 1.90 bits per heavy atom. The number of thiazole rings is 1. The van der Waals surface area contributed by atoms with Gasteiger partial charge in [0, 0.05) is 22.0 Å². The topological polar surface area (TPSA) is 77.5 Å². The van der Waals surface area contributed by atoms with Crippen molar-refractivity contribution in [1.29, 1.82) is 0 Å². The summed E-state index contributed by atoms with van der Waals surface area (Å²) in [6, 6.07) is 6.82. The van der Waals surface area contributed by atoms with Gasteiger partial charge in [0.2, 0.25) is 0 Å². The number of nitrogens with one attached hydrogen (secondary N) is 1. The van der Waals surface area contributed by atoms with Gasteiger partial charge in [-0.2, -0.15) is 0 Å². The Morgan fingerprint density at radius 1 is 1.10 bits per heavy atom. The van der Waals surface area contributed by atoms with Gasteiger partial charge in [-0.1, -0.05) is 17.8 Å². The van der Waals surface area contributed by atoms with Crippen LogP contribution in [0.2, 0.25) is 0 Å². The Hall–Kier alpha value is -2.71. The molecule has 4 rings (SSSR count). The summed E-state index contributed by atoms with van der Waals surface area (Å²) in [5, 5.41) is 5.86. The van der Waals surface area contributed by atoms with Crippen molar-refractivity contribution in [3.05, 3.63) is 57.4 Å². The van der Waals surface area contributed by atoms with Crippen molar-refractivity contribution in [1.82, 2.24) is 4.98 Å². The van der Waals surface area contributed by atoms with Gasteiger partial charge in [-0.05, 0) is 55.5 Å². The molecule has 1 amide bonds. The minimum Gasteiger partial charge on any atom is -0.465 e. The van der Waals surface area contributed by atoms with E-state index >= 15 is 0 Å². The Bertz CT molecular complexity index is 1010. The molecule has 6 nitrogen and oxygen atoms in total. The molecule has 1 aliphatic rings. The summed E-state index contributed by atoms with van der Waals surface area (Å²) in [6.45, 7) is 0. The molecule has 0 spiro atoms. The molecule has 0 bridgehead atoms. The third-order valence-corrected chi connectivity index (χ3v) is 6.62. The third kappa shape index (κ3) is 4.33. The van der Waals surface area contributed by atoms with Crippen molar-refractivity contribution in [2.45, 2.75) is 32.1 Å². The Labute approximate surface area is 176 Å². The van der Waals surface area contributed by atoms with Crippen LogP contribution in [-0.2, 0) is 17.6 Å². The smallest absolute Gasteiger partial charge is 0.341 e. The summed E-state index contributed by atoms with van der Waals surface area (Å²) < 4.78 is 10.6. The predicted octanol–water partition coefficient (Wildman–Crippen LogP) is 5.30. The highest BCUT2D eigenvalue weighted by Gasteiger charge is 2.26. The lowest BCUT2D eigenvalue weighted by atomic mass is 10.1. The van der Waals surface area contributed by atoms with Crippen molar-refractivity contribution in [2.24, 2.45) is 0 Å². The standard InChI is InChI=1S/C21H20N2O4S2/c1-26-20(25)17-15-5-3-2-4-6-16(15)29-19(17)23-18(24)13-7-9-14(10-8-13)27-21-22-11-12-28-21/h7-12H,2-6H2,1H3,(H,23,24). The SMILES string of the molecule is COC(=O)c1c(NC(=O)c2ccc(Oc3nccs3)cc2)sc2c1CCCCC2. The van der Waals surface area contributed by atoms with E-state index in [0.29, 0.717) is 27.1 Å². The molecule has 150 valence electrons. The molecule has 2 aromatic heterocycles. The highest BCUT2D eigenvalue weighted by atomic mass is 32.1. The molecular formula is C21H20N2O4S2. The molecule has 1 aromatic carbocycles. The van der Waals surface area contributed by atoms with Crippen molar-refractivity contribution >= 4 is 39.6 Å². The minimum absolute atomic E-state index is 0.271. The number of aromatic nitrogens is 1. The summed E-state index contributed by atoms with van der Waals surface area (Å²) in [5.74, 6) is -0.0613. The average molecular weight is 429 g/mol. The molecule has 29 heavy (non-hydrogen) atoms. The molecule has 0 saturated heterocycles. The lowest BCUT2D eigenvalue weighted by Gasteiger charge is -2.08. The first-order chi connectivity index (χ1) is 14.2. The summed E-state index contributed by atoms with van der Waals surface area (Å²) in [5.41, 5.74) is 2.02. The number of nitrogens with zero attached hydrogens (tertiary/aromatic N) is 1. The van der Waals surface area contributed by atoms with E-state index in [2.05, 4.69) is 10.3 Å². The first-order valence-corrected chi connectivity index (χ1v) is 11.1. The molecule has 0 aliphatic heterocycles. The summed E-state index contributed by atoms with van der Waals surface area (Å²) in [4.78, 5) is 30.4. The molecule has 0 atom stereocenters. The predicted molar refractivity (Wildman–Crippen MR) is 114 cm³/mol. The Balaban J connectivity index is 1.54. The number of methoxy groups -OCH3 is 1. The first kappa shape index (κ1) is 19.6. The van der Waals surface area contributed by atoms with E-state index in [4.69, 9.17) is 9.47 Å². The zero-order valence-electron chi connectivity index (χ0n) is 15.9. The number of rotatable bonds is 5. The van der Waals surface area contributed by atoms with E-state index in [0.717, 1.165) is 37.7 Å². The van der Waals surface area contributed by atoms with Crippen LogP contribution in [0.1, 0.15) is 50.4 Å². The van der Waals surface area contributed by atoms with Crippen LogP contribution in [-0.4, -0.2) is 24.0 Å². The fourth-order valence-electron chi connectivity index (χ4n) is 3.36. The zero-order valence-corrected chi connectivity index (χ0v) is 17.5. The van der Waals surface area contributed by atoms with Gasteiger partial charge in [-0.25, -0.2) is 9.78 Å². The maximum absolute atomic E-state index is 12.8. The molecule has 1 aliphatic carbocycles. The molecule has 1 N–H and O–H groups in total. The van der Waals surface area contributed by atoms with Crippen LogP contribution in [0.4, 0.5) is 5.00 Å². The van der Waals surface area contributed by atoms with E-state index in [9.17, 15) is 9.59 Å². The van der Waals surface area contributed by atoms with Gasteiger partial charge in [-0.15, -0.1) is 11.3 Å².